The highest BCUT2D eigenvalue weighted by atomic mass is 32.1. The summed E-state index contributed by atoms with van der Waals surface area (Å²) in [6, 6.07) is 16.1. The Kier molecular flexibility index (Phi) is 8.40. The van der Waals surface area contributed by atoms with Crippen molar-refractivity contribution in [2.45, 2.75) is 52.4 Å². The van der Waals surface area contributed by atoms with Crippen LogP contribution in [0.4, 0.5) is 0 Å². The van der Waals surface area contributed by atoms with Crippen LogP contribution in [0.1, 0.15) is 50.8 Å². The van der Waals surface area contributed by atoms with Crippen molar-refractivity contribution in [3.8, 4) is 27.4 Å². The second-order valence-corrected chi connectivity index (χ2v) is 8.42. The van der Waals surface area contributed by atoms with Gasteiger partial charge in [-0.25, -0.2) is 9.78 Å². The molecule has 1 aromatic heterocycles. The van der Waals surface area contributed by atoms with Gasteiger partial charge in [0.05, 0.1) is 0 Å². The summed E-state index contributed by atoms with van der Waals surface area (Å²) in [7, 11) is 0. The molecule has 2 aromatic carbocycles. The van der Waals surface area contributed by atoms with Crippen LogP contribution in [0.15, 0.2) is 66.9 Å². The first-order valence-electron chi connectivity index (χ1n) is 10.7. The van der Waals surface area contributed by atoms with Gasteiger partial charge in [-0.3, -0.25) is 0 Å². The van der Waals surface area contributed by atoms with E-state index < -0.39 is 0 Å². The molecule has 0 aliphatic heterocycles. The molecule has 0 atom stereocenters. The molecule has 0 saturated carbocycles. The standard InChI is InChI=1S/C26H29NO2S/c1-3-5-6-7-8-10-25(28)29-23-17-15-21(16-18-23)20-11-13-22(14-12-20)26-27-19-24(30-26)9-4-2/h8,10-19H,3-7,9H2,1-2H3. The summed E-state index contributed by atoms with van der Waals surface area (Å²) >= 11 is 1.76. The second-order valence-electron chi connectivity index (χ2n) is 7.30. The average molecular weight is 420 g/mol. The Balaban J connectivity index is 1.58. The number of esters is 1. The van der Waals surface area contributed by atoms with Crippen molar-refractivity contribution in [3.63, 3.8) is 0 Å². The molecule has 0 aliphatic carbocycles. The number of carbonyl (C=O) groups excluding carboxylic acids is 1. The number of ether oxygens (including phenoxy) is 1. The fourth-order valence-electron chi connectivity index (χ4n) is 3.17. The summed E-state index contributed by atoms with van der Waals surface area (Å²) in [6.07, 6.45) is 12.0. The molecule has 0 aliphatic rings. The van der Waals surface area contributed by atoms with Crippen LogP contribution in [-0.4, -0.2) is 11.0 Å². The van der Waals surface area contributed by atoms with Gasteiger partial charge in [0.2, 0.25) is 0 Å². The van der Waals surface area contributed by atoms with Gasteiger partial charge < -0.3 is 4.74 Å². The van der Waals surface area contributed by atoms with E-state index in [0.717, 1.165) is 47.4 Å². The van der Waals surface area contributed by atoms with Crippen LogP contribution in [0.2, 0.25) is 0 Å². The number of carbonyl (C=O) groups is 1. The lowest BCUT2D eigenvalue weighted by molar-refractivity contribution is -0.129. The summed E-state index contributed by atoms with van der Waals surface area (Å²) < 4.78 is 5.38. The molecule has 0 N–H and O–H groups in total. The molecule has 0 bridgehead atoms. The number of allylic oxidation sites excluding steroid dienone is 1. The molecule has 3 rings (SSSR count). The molecule has 3 nitrogen and oxygen atoms in total. The molecular formula is C26H29NO2S. The quantitative estimate of drug-likeness (QED) is 0.148. The summed E-state index contributed by atoms with van der Waals surface area (Å²) in [6.45, 7) is 4.35. The van der Waals surface area contributed by atoms with Crippen molar-refractivity contribution in [1.29, 1.82) is 0 Å². The van der Waals surface area contributed by atoms with Crippen LogP contribution in [0.5, 0.6) is 5.75 Å². The number of rotatable bonds is 10. The molecule has 4 heteroatoms. The highest BCUT2D eigenvalue weighted by Crippen LogP contribution is 2.29. The van der Waals surface area contributed by atoms with Crippen LogP contribution in [0, 0.1) is 0 Å². The topological polar surface area (TPSA) is 39.2 Å². The first kappa shape index (κ1) is 22.0. The SMILES string of the molecule is CCCCCC=CC(=O)Oc1ccc(-c2ccc(-c3ncc(CCC)s3)cc2)cc1. The van der Waals surface area contributed by atoms with E-state index in [1.807, 2.05) is 36.5 Å². The number of unbranched alkanes of at least 4 members (excludes halogenated alkanes) is 3. The van der Waals surface area contributed by atoms with E-state index >= 15 is 0 Å². The second kappa shape index (κ2) is 11.5. The summed E-state index contributed by atoms with van der Waals surface area (Å²) in [4.78, 5) is 17.8. The van der Waals surface area contributed by atoms with Crippen molar-refractivity contribution in [2.24, 2.45) is 0 Å². The highest BCUT2D eigenvalue weighted by molar-refractivity contribution is 7.15. The monoisotopic (exact) mass is 419 g/mol. The Bertz CT molecular complexity index is 955. The van der Waals surface area contributed by atoms with Crippen molar-refractivity contribution in [2.75, 3.05) is 0 Å². The fourth-order valence-corrected chi connectivity index (χ4v) is 4.18. The van der Waals surface area contributed by atoms with E-state index in [4.69, 9.17) is 4.74 Å². The van der Waals surface area contributed by atoms with Crippen molar-refractivity contribution < 1.29 is 9.53 Å². The predicted molar refractivity (Wildman–Crippen MR) is 126 cm³/mol. The molecule has 0 unspecified atom stereocenters. The lowest BCUT2D eigenvalue weighted by Gasteiger charge is -2.05. The largest absolute Gasteiger partial charge is 0.423 e. The lowest BCUT2D eigenvalue weighted by atomic mass is 10.0. The van der Waals surface area contributed by atoms with Gasteiger partial charge in [-0.15, -0.1) is 11.3 Å². The first-order chi connectivity index (χ1) is 14.7. The zero-order chi connectivity index (χ0) is 21.2. The minimum atomic E-state index is -0.325. The van der Waals surface area contributed by atoms with Gasteiger partial charge >= 0.3 is 5.97 Å². The minimum absolute atomic E-state index is 0.325. The number of hydrogen-bond donors (Lipinski definition) is 0. The Labute approximate surface area is 183 Å². The highest BCUT2D eigenvalue weighted by Gasteiger charge is 2.06. The van der Waals surface area contributed by atoms with Crippen molar-refractivity contribution in [1.82, 2.24) is 4.98 Å². The number of aryl methyl sites for hydroxylation is 1. The molecule has 0 radical (unpaired) electrons. The van der Waals surface area contributed by atoms with Gasteiger partial charge in [0, 0.05) is 22.7 Å². The maximum Gasteiger partial charge on any atom is 0.335 e. The molecule has 0 amide bonds. The Morgan fingerprint density at radius 3 is 2.27 bits per heavy atom. The van der Waals surface area contributed by atoms with Gasteiger partial charge in [0.15, 0.2) is 0 Å². The van der Waals surface area contributed by atoms with Gasteiger partial charge in [-0.05, 0) is 42.5 Å². The smallest absolute Gasteiger partial charge is 0.335 e. The lowest BCUT2D eigenvalue weighted by Crippen LogP contribution is -2.03. The first-order valence-corrected chi connectivity index (χ1v) is 11.5. The molecule has 3 aromatic rings. The van der Waals surface area contributed by atoms with Crippen LogP contribution in [-0.2, 0) is 11.2 Å². The Hall–Kier alpha value is -2.72. The zero-order valence-corrected chi connectivity index (χ0v) is 18.6. The predicted octanol–water partition coefficient (Wildman–Crippen LogP) is 7.47. The Morgan fingerprint density at radius 2 is 1.60 bits per heavy atom. The van der Waals surface area contributed by atoms with Crippen LogP contribution < -0.4 is 4.74 Å². The number of benzene rings is 2. The Morgan fingerprint density at radius 1 is 0.933 bits per heavy atom. The van der Waals surface area contributed by atoms with Gasteiger partial charge in [0.25, 0.3) is 0 Å². The maximum absolute atomic E-state index is 11.9. The van der Waals surface area contributed by atoms with Gasteiger partial charge in [0.1, 0.15) is 10.8 Å². The van der Waals surface area contributed by atoms with E-state index in [9.17, 15) is 4.79 Å². The molecule has 0 fully saturated rings. The third kappa shape index (κ3) is 6.39. The van der Waals surface area contributed by atoms with Crippen LogP contribution in [0.25, 0.3) is 21.7 Å². The third-order valence-corrected chi connectivity index (χ3v) is 5.92. The average Bonchev–Trinajstić information content (AvgIpc) is 3.23. The molecule has 1 heterocycles. The molecule has 0 saturated heterocycles. The molecule has 30 heavy (non-hydrogen) atoms. The van der Waals surface area contributed by atoms with Gasteiger partial charge in [-0.1, -0.05) is 75.6 Å². The van der Waals surface area contributed by atoms with Gasteiger partial charge in [-0.2, -0.15) is 0 Å². The molecule has 0 spiro atoms. The van der Waals surface area contributed by atoms with Crippen molar-refractivity contribution >= 4 is 17.3 Å². The number of hydrogen-bond acceptors (Lipinski definition) is 4. The zero-order valence-electron chi connectivity index (χ0n) is 17.8. The summed E-state index contributed by atoms with van der Waals surface area (Å²) in [5, 5.41) is 1.06. The normalized spacial score (nSPS) is 11.1. The van der Waals surface area contributed by atoms with E-state index in [2.05, 4.69) is 43.1 Å². The molecule has 156 valence electrons. The molecular weight excluding hydrogens is 390 g/mol. The van der Waals surface area contributed by atoms with Crippen LogP contribution >= 0.6 is 11.3 Å². The third-order valence-electron chi connectivity index (χ3n) is 4.82. The maximum atomic E-state index is 11.9. The number of aromatic nitrogens is 1. The van der Waals surface area contributed by atoms with E-state index in [0.29, 0.717) is 5.75 Å². The van der Waals surface area contributed by atoms with Crippen LogP contribution in [0.3, 0.4) is 0 Å². The minimum Gasteiger partial charge on any atom is -0.423 e. The van der Waals surface area contributed by atoms with E-state index in [-0.39, 0.29) is 5.97 Å². The number of nitrogens with zero attached hydrogens (tertiary/aromatic N) is 1. The summed E-state index contributed by atoms with van der Waals surface area (Å²) in [5.41, 5.74) is 3.35. The number of thiazole rings is 1. The van der Waals surface area contributed by atoms with E-state index in [1.54, 1.807) is 11.3 Å². The van der Waals surface area contributed by atoms with Crippen molar-refractivity contribution in [3.05, 3.63) is 71.8 Å². The fraction of sp³-hybridized carbons (Fsp3) is 0.308. The van der Waals surface area contributed by atoms with E-state index in [1.165, 1.54) is 23.8 Å². The summed E-state index contributed by atoms with van der Waals surface area (Å²) in [5.74, 6) is 0.235.